The van der Waals surface area contributed by atoms with Crippen molar-refractivity contribution in [3.8, 4) is 0 Å². The molecule has 0 heteroatoms. The Balaban J connectivity index is 0.984. The van der Waals surface area contributed by atoms with Gasteiger partial charge in [-0.1, -0.05) is 206 Å². The van der Waals surface area contributed by atoms with Crippen LogP contribution >= 0.6 is 0 Å². The second kappa shape index (κ2) is 12.3. The van der Waals surface area contributed by atoms with Gasteiger partial charge in [-0.25, -0.2) is 0 Å². The number of rotatable bonds is 0. The quantitative estimate of drug-likeness (QED) is 0.133. The zero-order chi connectivity index (χ0) is 46.0. The molecule has 0 saturated carbocycles. The zero-order valence-corrected chi connectivity index (χ0v) is 39.4. The first kappa shape index (κ1) is 36.8. The van der Waals surface area contributed by atoms with Gasteiger partial charge < -0.3 is 0 Å². The smallest absolute Gasteiger partial charge is 0.0352 e. The van der Waals surface area contributed by atoms with E-state index < -0.39 is 0 Å². The van der Waals surface area contributed by atoms with E-state index in [1.165, 1.54) is 89.0 Å². The molecule has 0 saturated heterocycles. The first-order valence-corrected chi connectivity index (χ1v) is 26.7. The van der Waals surface area contributed by atoms with E-state index in [1.54, 1.807) is 66.8 Å². The highest BCUT2D eigenvalue weighted by atomic mass is 14.6. The normalized spacial score (nSPS) is 26.0. The van der Waals surface area contributed by atoms with Gasteiger partial charge in [0.05, 0.1) is 0 Å². The molecule has 15 aliphatic carbocycles. The fraction of sp³-hybridized carbons (Fsp3) is 0.139. The highest BCUT2D eigenvalue weighted by Crippen LogP contribution is 2.73. The lowest BCUT2D eigenvalue weighted by atomic mass is 9.46. The van der Waals surface area contributed by atoms with Crippen molar-refractivity contribution in [3.05, 3.63) is 362 Å². The first-order chi connectivity index (χ1) is 35.8. The van der Waals surface area contributed by atoms with E-state index in [9.17, 15) is 0 Å². The summed E-state index contributed by atoms with van der Waals surface area (Å²) in [5.74, 6) is 1.61. The lowest BCUT2D eigenvalue weighted by Crippen LogP contribution is -2.42. The second-order valence-electron chi connectivity index (χ2n) is 22.8. The summed E-state index contributed by atoms with van der Waals surface area (Å²) < 4.78 is 0. The fourth-order valence-electron chi connectivity index (χ4n) is 18.6. The third-order valence-electron chi connectivity index (χ3n) is 20.5. The van der Waals surface area contributed by atoms with E-state index in [0.29, 0.717) is 0 Å². The molecule has 25 rings (SSSR count). The average Bonchev–Trinajstić information content (AvgIpc) is 3.46. The molecule has 0 aliphatic heterocycles. The molecule has 0 radical (unpaired) electrons. The molecule has 72 heavy (non-hydrogen) atoms. The third kappa shape index (κ3) is 3.83. The summed E-state index contributed by atoms with van der Waals surface area (Å²) in [5.41, 5.74) is 44.0. The molecule has 15 aliphatic rings. The summed E-state index contributed by atoms with van der Waals surface area (Å²) in [6.45, 7) is 0. The van der Waals surface area contributed by atoms with Crippen LogP contribution in [0.4, 0.5) is 0 Å². The van der Waals surface area contributed by atoms with Crippen LogP contribution in [0.1, 0.15) is 215 Å². The maximum Gasteiger partial charge on any atom is 0.0352 e. The van der Waals surface area contributed by atoms with Crippen LogP contribution in [0.15, 0.2) is 206 Å². The molecule has 0 atom stereocenters. The number of benzene rings is 10. The van der Waals surface area contributed by atoms with Gasteiger partial charge in [0.15, 0.2) is 0 Å². The van der Waals surface area contributed by atoms with Crippen LogP contribution < -0.4 is 0 Å². The van der Waals surface area contributed by atoms with Gasteiger partial charge in [-0.2, -0.15) is 0 Å². The van der Waals surface area contributed by atoms with Crippen molar-refractivity contribution in [2.45, 2.75) is 59.2 Å². The van der Waals surface area contributed by atoms with Crippen LogP contribution in [-0.2, 0) is 0 Å². The molecule has 10 bridgehead atoms. The molecule has 0 spiro atoms. The van der Waals surface area contributed by atoms with Crippen molar-refractivity contribution in [2.75, 3.05) is 0 Å². The van der Waals surface area contributed by atoms with Crippen LogP contribution in [0.2, 0.25) is 0 Å². The lowest BCUT2D eigenvalue weighted by Gasteiger charge is -2.56. The van der Waals surface area contributed by atoms with E-state index in [0.717, 1.165) is 0 Å². The summed E-state index contributed by atoms with van der Waals surface area (Å²) >= 11 is 0. The molecule has 0 aromatic heterocycles. The monoisotopic (exact) mass is 908 g/mol. The Labute approximate surface area is 419 Å². The minimum absolute atomic E-state index is 0.118. The van der Waals surface area contributed by atoms with Crippen LogP contribution in [-0.4, -0.2) is 0 Å². The van der Waals surface area contributed by atoms with Crippen molar-refractivity contribution in [2.24, 2.45) is 0 Å². The summed E-state index contributed by atoms with van der Waals surface area (Å²) in [5, 5.41) is 0. The average molecular weight is 909 g/mol. The van der Waals surface area contributed by atoms with E-state index in [-0.39, 0.29) is 59.2 Å². The summed E-state index contributed by atoms with van der Waals surface area (Å²) in [6.07, 6.45) is 5.47. The van der Waals surface area contributed by atoms with Gasteiger partial charge in [0, 0.05) is 59.2 Å². The van der Waals surface area contributed by atoms with Gasteiger partial charge in [0.2, 0.25) is 0 Å². The van der Waals surface area contributed by atoms with Crippen molar-refractivity contribution >= 4 is 0 Å². The van der Waals surface area contributed by atoms with Gasteiger partial charge in [-0.05, 0) is 156 Å². The molecule has 10 aromatic rings. The molecule has 0 nitrogen and oxygen atoms in total. The van der Waals surface area contributed by atoms with Gasteiger partial charge in [0.1, 0.15) is 0 Å². The van der Waals surface area contributed by atoms with Crippen molar-refractivity contribution in [1.82, 2.24) is 0 Å². The van der Waals surface area contributed by atoms with Crippen molar-refractivity contribution in [1.29, 1.82) is 0 Å². The first-order valence-electron chi connectivity index (χ1n) is 26.7. The second-order valence-corrected chi connectivity index (χ2v) is 22.8. The molecule has 0 fully saturated rings. The fourth-order valence-corrected chi connectivity index (χ4v) is 18.6. The molecule has 0 N–H and O–H groups in total. The van der Waals surface area contributed by atoms with Crippen molar-refractivity contribution < 1.29 is 0 Å². The Morgan fingerprint density at radius 2 is 0.250 bits per heavy atom. The maximum absolute atomic E-state index is 2.74. The molecule has 0 amide bonds. The van der Waals surface area contributed by atoms with Crippen molar-refractivity contribution in [3.63, 3.8) is 0 Å². The highest BCUT2D eigenvalue weighted by Gasteiger charge is 2.58. The van der Waals surface area contributed by atoms with Crippen LogP contribution in [0, 0.1) is 0 Å². The van der Waals surface area contributed by atoms with Crippen LogP contribution in [0.5, 0.6) is 0 Å². The Bertz CT molecular complexity index is 3570. The largest absolute Gasteiger partial charge is 0.0757 e. The molecular formula is C72H44. The Hall–Kier alpha value is -8.06. The molecule has 332 valence electrons. The van der Waals surface area contributed by atoms with Crippen LogP contribution in [0.25, 0.3) is 0 Å². The summed E-state index contributed by atoms with van der Waals surface area (Å²) in [6, 6.07) is 76.9. The Morgan fingerprint density at radius 3 is 0.375 bits per heavy atom. The van der Waals surface area contributed by atoms with E-state index in [2.05, 4.69) is 206 Å². The SMILES string of the molecule is C1=CC2c3c(c4c(c5c3C3c6ccccc6C5c5ccccc53)C3c5ccccc5C4c4ccccc43)C1c1c2c2c(c3c1C1c4ccccc4C3c3ccccc31)C1c3ccccc3C2c2ccccc21. The summed E-state index contributed by atoms with van der Waals surface area (Å²) in [4.78, 5) is 0. The predicted molar refractivity (Wildman–Crippen MR) is 285 cm³/mol. The van der Waals surface area contributed by atoms with E-state index in [1.807, 2.05) is 0 Å². The molecular weight excluding hydrogens is 865 g/mol. The maximum atomic E-state index is 2.74. The highest BCUT2D eigenvalue weighted by molar-refractivity contribution is 5.87. The van der Waals surface area contributed by atoms with Gasteiger partial charge in [-0.3, -0.25) is 0 Å². The van der Waals surface area contributed by atoms with E-state index in [4.69, 9.17) is 0 Å². The zero-order valence-electron chi connectivity index (χ0n) is 39.4. The predicted octanol–water partition coefficient (Wildman–Crippen LogP) is 15.8. The molecule has 10 aromatic carbocycles. The summed E-state index contributed by atoms with van der Waals surface area (Å²) in [7, 11) is 0. The van der Waals surface area contributed by atoms with Gasteiger partial charge >= 0.3 is 0 Å². The van der Waals surface area contributed by atoms with Gasteiger partial charge in [0.25, 0.3) is 0 Å². The minimum atomic E-state index is 0.118. The molecule has 0 unspecified atom stereocenters. The third-order valence-corrected chi connectivity index (χ3v) is 20.5. The van der Waals surface area contributed by atoms with E-state index >= 15 is 0 Å². The lowest BCUT2D eigenvalue weighted by molar-refractivity contribution is 0.629. The standard InChI is InChI=1S/C72H44/c1-9-25-43-35(17-1)53-36-18-2-10-26-44(36)57(43)69-65(53)61-51-33-34-52(62(61)66-54-37-19-3-11-27-45(37)58(70(66)69)46-28-12-4-20-38(46)54)64-63(51)67-55-39-21-5-13-29-47(39)59(48-30-14-6-22-40(48)55)71(67)72-60-49-31-15-7-23-41(49)56(68(64)72)42-24-8-16-32-50(42)60/h1-34,51-60H. The Morgan fingerprint density at radius 1 is 0.139 bits per heavy atom. The molecule has 0 heterocycles. The van der Waals surface area contributed by atoms with Gasteiger partial charge in [-0.15, -0.1) is 0 Å². The van der Waals surface area contributed by atoms with Crippen LogP contribution in [0.3, 0.4) is 0 Å². The Kier molecular flexibility index (Phi) is 6.31. The minimum Gasteiger partial charge on any atom is -0.0757 e. The number of allylic oxidation sites excluding steroid dienone is 2. The number of hydrogen-bond donors (Lipinski definition) is 0. The topological polar surface area (TPSA) is 0 Å². The number of hydrogen-bond acceptors (Lipinski definition) is 0.